The molecule has 0 amide bonds. The average molecular weight is 346 g/mol. The lowest BCUT2D eigenvalue weighted by molar-refractivity contribution is 0.186. The summed E-state index contributed by atoms with van der Waals surface area (Å²) in [6.07, 6.45) is 2.99. The molecule has 0 radical (unpaired) electrons. The topological polar surface area (TPSA) is 66.8 Å². The van der Waals surface area contributed by atoms with Gasteiger partial charge < -0.3 is 9.77 Å². The van der Waals surface area contributed by atoms with Crippen molar-refractivity contribution in [2.24, 2.45) is 0 Å². The number of fused-ring (bicyclic) bond motifs is 3. The molecule has 4 rings (SSSR count). The standard InChI is InChI=1S/C21H22N4O/c1-2-3-13-18-23-19-20(24(18)14-15-9-5-4-6-10-15)16-11-7-8-12-17(16)25(26)21(19)22/h4-12,22,26H,2-3,13-14H2,1H3. The van der Waals surface area contributed by atoms with Gasteiger partial charge in [0.1, 0.15) is 11.3 Å². The fourth-order valence-corrected chi connectivity index (χ4v) is 3.48. The van der Waals surface area contributed by atoms with Gasteiger partial charge in [0.05, 0.1) is 11.0 Å². The Morgan fingerprint density at radius 3 is 2.54 bits per heavy atom. The quantitative estimate of drug-likeness (QED) is 0.534. The third-order valence-corrected chi connectivity index (χ3v) is 4.81. The van der Waals surface area contributed by atoms with Crippen LogP contribution < -0.4 is 5.49 Å². The molecule has 0 bridgehead atoms. The number of hydrogen-bond acceptors (Lipinski definition) is 3. The molecule has 0 atom stereocenters. The van der Waals surface area contributed by atoms with E-state index in [9.17, 15) is 5.21 Å². The van der Waals surface area contributed by atoms with Gasteiger partial charge in [0, 0.05) is 18.4 Å². The molecule has 5 nitrogen and oxygen atoms in total. The van der Waals surface area contributed by atoms with Crippen molar-refractivity contribution in [3.8, 4) is 0 Å². The summed E-state index contributed by atoms with van der Waals surface area (Å²) in [7, 11) is 0. The molecular formula is C21H22N4O. The van der Waals surface area contributed by atoms with Gasteiger partial charge in [0.2, 0.25) is 0 Å². The summed E-state index contributed by atoms with van der Waals surface area (Å²) in [5, 5.41) is 19.7. The van der Waals surface area contributed by atoms with Gasteiger partial charge in [-0.15, -0.1) is 0 Å². The first-order valence-corrected chi connectivity index (χ1v) is 9.01. The first kappa shape index (κ1) is 16.4. The van der Waals surface area contributed by atoms with Crippen LogP contribution in [0, 0.1) is 5.41 Å². The number of aromatic nitrogens is 3. The second-order valence-electron chi connectivity index (χ2n) is 6.58. The van der Waals surface area contributed by atoms with Gasteiger partial charge in [0.25, 0.3) is 0 Å². The second kappa shape index (κ2) is 6.67. The van der Waals surface area contributed by atoms with Gasteiger partial charge in [-0.3, -0.25) is 5.41 Å². The van der Waals surface area contributed by atoms with Gasteiger partial charge in [-0.2, -0.15) is 4.73 Å². The molecule has 132 valence electrons. The summed E-state index contributed by atoms with van der Waals surface area (Å²) >= 11 is 0. The number of nitrogens with one attached hydrogen (secondary N) is 1. The molecule has 0 aliphatic carbocycles. The van der Waals surface area contributed by atoms with Gasteiger partial charge in [-0.05, 0) is 18.1 Å². The molecule has 2 N–H and O–H groups in total. The molecule has 0 unspecified atom stereocenters. The number of para-hydroxylation sites is 1. The van der Waals surface area contributed by atoms with Crippen LogP contribution in [0.2, 0.25) is 0 Å². The second-order valence-corrected chi connectivity index (χ2v) is 6.58. The van der Waals surface area contributed by atoms with Gasteiger partial charge in [-0.1, -0.05) is 61.9 Å². The summed E-state index contributed by atoms with van der Waals surface area (Å²) in [4.78, 5) is 4.75. The Bertz CT molecular complexity index is 1130. The van der Waals surface area contributed by atoms with E-state index in [-0.39, 0.29) is 5.49 Å². The predicted octanol–water partition coefficient (Wildman–Crippen LogP) is 4.10. The van der Waals surface area contributed by atoms with E-state index in [1.165, 1.54) is 5.56 Å². The summed E-state index contributed by atoms with van der Waals surface area (Å²) < 4.78 is 3.14. The molecular weight excluding hydrogens is 324 g/mol. The van der Waals surface area contributed by atoms with Crippen LogP contribution in [0.25, 0.3) is 21.9 Å². The number of pyridine rings is 1. The zero-order chi connectivity index (χ0) is 18.1. The Labute approximate surface area is 151 Å². The predicted molar refractivity (Wildman–Crippen MR) is 102 cm³/mol. The third kappa shape index (κ3) is 2.65. The van der Waals surface area contributed by atoms with E-state index in [0.717, 1.165) is 40.7 Å². The van der Waals surface area contributed by atoms with Crippen molar-refractivity contribution in [2.45, 2.75) is 32.7 Å². The average Bonchev–Trinajstić information content (AvgIpc) is 3.04. The van der Waals surface area contributed by atoms with Crippen LogP contribution in [-0.2, 0) is 13.0 Å². The molecule has 4 aromatic rings. The summed E-state index contributed by atoms with van der Waals surface area (Å²) in [5.41, 5.74) is 3.32. The minimum Gasteiger partial charge on any atom is -0.426 e. The van der Waals surface area contributed by atoms with Crippen molar-refractivity contribution in [1.29, 1.82) is 5.41 Å². The molecule has 2 aromatic carbocycles. The lowest BCUT2D eigenvalue weighted by Gasteiger charge is -2.12. The number of imidazole rings is 1. The van der Waals surface area contributed by atoms with E-state index in [0.29, 0.717) is 17.6 Å². The van der Waals surface area contributed by atoms with Gasteiger partial charge in [-0.25, -0.2) is 4.98 Å². The zero-order valence-electron chi connectivity index (χ0n) is 14.8. The highest BCUT2D eigenvalue weighted by Gasteiger charge is 2.17. The molecule has 0 saturated carbocycles. The normalized spacial score (nSPS) is 11.4. The van der Waals surface area contributed by atoms with E-state index in [1.54, 1.807) is 0 Å². The van der Waals surface area contributed by atoms with Crippen molar-refractivity contribution in [3.63, 3.8) is 0 Å². The van der Waals surface area contributed by atoms with Crippen molar-refractivity contribution >= 4 is 21.9 Å². The molecule has 0 spiro atoms. The Morgan fingerprint density at radius 2 is 1.77 bits per heavy atom. The molecule has 0 fully saturated rings. The first-order valence-electron chi connectivity index (χ1n) is 9.01. The summed E-state index contributed by atoms with van der Waals surface area (Å²) in [6.45, 7) is 2.87. The van der Waals surface area contributed by atoms with E-state index >= 15 is 0 Å². The van der Waals surface area contributed by atoms with Crippen LogP contribution in [0.3, 0.4) is 0 Å². The largest absolute Gasteiger partial charge is 0.426 e. The Hall–Kier alpha value is -3.08. The SMILES string of the molecule is CCCCc1nc2c(=N)n(O)c3ccccc3c2n1Cc1ccccc1. The number of aryl methyl sites for hydroxylation is 1. The molecule has 0 saturated heterocycles. The van der Waals surface area contributed by atoms with Gasteiger partial charge in [0.15, 0.2) is 5.49 Å². The number of nitrogens with zero attached hydrogens (tertiary/aromatic N) is 3. The van der Waals surface area contributed by atoms with Crippen molar-refractivity contribution in [3.05, 3.63) is 71.5 Å². The number of rotatable bonds is 5. The van der Waals surface area contributed by atoms with Crippen LogP contribution in [0.1, 0.15) is 31.2 Å². The molecule has 0 aliphatic heterocycles. The van der Waals surface area contributed by atoms with E-state index < -0.39 is 0 Å². The van der Waals surface area contributed by atoms with Crippen molar-refractivity contribution in [2.75, 3.05) is 0 Å². The number of unbranched alkanes of at least 4 members (excludes halogenated alkanes) is 1. The molecule has 0 aliphatic rings. The smallest absolute Gasteiger partial charge is 0.189 e. The van der Waals surface area contributed by atoms with Crippen LogP contribution in [-0.4, -0.2) is 19.5 Å². The highest BCUT2D eigenvalue weighted by molar-refractivity contribution is 6.02. The number of hydrogen-bond donors (Lipinski definition) is 2. The van der Waals surface area contributed by atoms with Gasteiger partial charge >= 0.3 is 0 Å². The first-order chi connectivity index (χ1) is 12.7. The number of benzene rings is 2. The Kier molecular flexibility index (Phi) is 4.21. The minimum absolute atomic E-state index is 0.0308. The maximum atomic E-state index is 10.4. The monoisotopic (exact) mass is 346 g/mol. The van der Waals surface area contributed by atoms with E-state index in [2.05, 4.69) is 23.6 Å². The zero-order valence-corrected chi connectivity index (χ0v) is 14.8. The lowest BCUT2D eigenvalue weighted by atomic mass is 10.1. The Morgan fingerprint density at radius 1 is 1.04 bits per heavy atom. The minimum atomic E-state index is 0.0308. The van der Waals surface area contributed by atoms with Crippen LogP contribution in [0.15, 0.2) is 54.6 Å². The summed E-state index contributed by atoms with van der Waals surface area (Å²) in [5.74, 6) is 0.968. The van der Waals surface area contributed by atoms with Crippen molar-refractivity contribution in [1.82, 2.24) is 14.3 Å². The molecule has 5 heteroatoms. The maximum Gasteiger partial charge on any atom is 0.189 e. The Balaban J connectivity index is 2.04. The van der Waals surface area contributed by atoms with Crippen LogP contribution >= 0.6 is 0 Å². The highest BCUT2D eigenvalue weighted by atomic mass is 16.5. The summed E-state index contributed by atoms with van der Waals surface area (Å²) in [6, 6.07) is 17.9. The van der Waals surface area contributed by atoms with E-state index in [1.807, 2.05) is 42.5 Å². The van der Waals surface area contributed by atoms with Crippen LogP contribution in [0.5, 0.6) is 0 Å². The lowest BCUT2D eigenvalue weighted by Crippen LogP contribution is -2.19. The maximum absolute atomic E-state index is 10.4. The molecule has 26 heavy (non-hydrogen) atoms. The highest BCUT2D eigenvalue weighted by Crippen LogP contribution is 2.25. The fraction of sp³-hybridized carbons (Fsp3) is 0.238. The third-order valence-electron chi connectivity index (χ3n) is 4.81. The molecule has 2 aromatic heterocycles. The van der Waals surface area contributed by atoms with E-state index in [4.69, 9.17) is 10.4 Å². The van der Waals surface area contributed by atoms with Crippen LogP contribution in [0.4, 0.5) is 0 Å². The molecule has 2 heterocycles. The fourth-order valence-electron chi connectivity index (χ4n) is 3.48. The van der Waals surface area contributed by atoms with Crippen molar-refractivity contribution < 1.29 is 5.21 Å².